The molecule has 96 valence electrons. The van der Waals surface area contributed by atoms with Crippen LogP contribution >= 0.6 is 11.6 Å². The van der Waals surface area contributed by atoms with Crippen molar-refractivity contribution in [1.29, 1.82) is 0 Å². The van der Waals surface area contributed by atoms with Gasteiger partial charge in [-0.15, -0.1) is 0 Å². The molecule has 0 spiro atoms. The Morgan fingerprint density at radius 2 is 2.11 bits per heavy atom. The normalized spacial score (nSPS) is 11.7. The van der Waals surface area contributed by atoms with Crippen LogP contribution in [0, 0.1) is 0 Å². The van der Waals surface area contributed by atoms with Gasteiger partial charge in [-0.25, -0.2) is 18.1 Å². The van der Waals surface area contributed by atoms with E-state index in [0.717, 1.165) is 5.56 Å². The fourth-order valence-corrected chi connectivity index (χ4v) is 2.60. The van der Waals surface area contributed by atoms with Crippen molar-refractivity contribution in [2.75, 3.05) is 0 Å². The molecule has 1 heterocycles. The Morgan fingerprint density at radius 1 is 1.39 bits per heavy atom. The minimum atomic E-state index is -3.59. The van der Waals surface area contributed by atoms with Crippen molar-refractivity contribution in [3.05, 3.63) is 47.4 Å². The molecule has 7 heteroatoms. The number of sulfonamides is 1. The summed E-state index contributed by atoms with van der Waals surface area (Å²) in [6.45, 7) is 0.137. The maximum Gasteiger partial charge on any atom is 0.259 e. The second-order valence-corrected chi connectivity index (χ2v) is 5.91. The molecule has 18 heavy (non-hydrogen) atoms. The van der Waals surface area contributed by atoms with E-state index in [2.05, 4.69) is 9.71 Å². The van der Waals surface area contributed by atoms with Gasteiger partial charge in [-0.1, -0.05) is 29.8 Å². The number of aromatic nitrogens is 2. The SMILES string of the molecule is Cn1cnc(S(=O)(=O)NCc2ccccc2Cl)c1. The van der Waals surface area contributed by atoms with E-state index < -0.39 is 10.0 Å². The first-order chi connectivity index (χ1) is 8.49. The van der Waals surface area contributed by atoms with Crippen molar-refractivity contribution in [1.82, 2.24) is 14.3 Å². The number of rotatable bonds is 4. The third-order valence-corrected chi connectivity index (χ3v) is 4.02. The number of hydrogen-bond acceptors (Lipinski definition) is 3. The molecular weight excluding hydrogens is 274 g/mol. The fourth-order valence-electron chi connectivity index (χ4n) is 1.42. The van der Waals surface area contributed by atoms with E-state index in [0.29, 0.717) is 5.02 Å². The Balaban J connectivity index is 2.13. The summed E-state index contributed by atoms with van der Waals surface area (Å²) in [5.41, 5.74) is 0.721. The molecule has 2 aromatic rings. The van der Waals surface area contributed by atoms with Crippen LogP contribution in [0.25, 0.3) is 0 Å². The molecule has 0 amide bonds. The van der Waals surface area contributed by atoms with Gasteiger partial charge in [-0.3, -0.25) is 0 Å². The first-order valence-corrected chi connectivity index (χ1v) is 7.06. The van der Waals surface area contributed by atoms with Gasteiger partial charge in [0, 0.05) is 24.8 Å². The Labute approximate surface area is 110 Å². The van der Waals surface area contributed by atoms with E-state index in [1.54, 1.807) is 35.9 Å². The van der Waals surface area contributed by atoms with Gasteiger partial charge in [0.2, 0.25) is 0 Å². The molecule has 0 unspecified atom stereocenters. The van der Waals surface area contributed by atoms with Gasteiger partial charge < -0.3 is 4.57 Å². The number of hydrogen-bond donors (Lipinski definition) is 1. The highest BCUT2D eigenvalue weighted by atomic mass is 35.5. The maximum absolute atomic E-state index is 11.9. The molecule has 1 aromatic carbocycles. The predicted molar refractivity (Wildman–Crippen MR) is 68.7 cm³/mol. The van der Waals surface area contributed by atoms with E-state index in [1.165, 1.54) is 12.5 Å². The van der Waals surface area contributed by atoms with Crippen LogP contribution < -0.4 is 4.72 Å². The average molecular weight is 286 g/mol. The zero-order valence-electron chi connectivity index (χ0n) is 9.67. The zero-order chi connectivity index (χ0) is 13.2. The molecule has 5 nitrogen and oxygen atoms in total. The molecule has 0 aliphatic rings. The lowest BCUT2D eigenvalue weighted by Crippen LogP contribution is -2.23. The van der Waals surface area contributed by atoms with Crippen LogP contribution in [0.5, 0.6) is 0 Å². The van der Waals surface area contributed by atoms with E-state index in [9.17, 15) is 8.42 Å². The molecule has 0 fully saturated rings. The minimum absolute atomic E-state index is 0.00273. The number of benzene rings is 1. The van der Waals surface area contributed by atoms with Crippen LogP contribution in [-0.2, 0) is 23.6 Å². The van der Waals surface area contributed by atoms with Gasteiger partial charge in [0.25, 0.3) is 10.0 Å². The molecule has 0 aliphatic heterocycles. The summed E-state index contributed by atoms with van der Waals surface area (Å²) >= 11 is 5.95. The molecule has 0 saturated heterocycles. The van der Waals surface area contributed by atoms with Crippen LogP contribution in [-0.4, -0.2) is 18.0 Å². The molecular formula is C11H12ClN3O2S. The summed E-state index contributed by atoms with van der Waals surface area (Å²) in [5.74, 6) is 0. The highest BCUT2D eigenvalue weighted by molar-refractivity contribution is 7.89. The van der Waals surface area contributed by atoms with E-state index in [4.69, 9.17) is 11.6 Å². The predicted octanol–water partition coefficient (Wildman–Crippen LogP) is 1.55. The first kappa shape index (κ1) is 13.1. The molecule has 1 aromatic heterocycles. The van der Waals surface area contributed by atoms with Crippen LogP contribution in [0.4, 0.5) is 0 Å². The molecule has 2 rings (SSSR count). The monoisotopic (exact) mass is 285 g/mol. The van der Waals surface area contributed by atoms with Gasteiger partial charge in [0.1, 0.15) is 0 Å². The van der Waals surface area contributed by atoms with Crippen molar-refractivity contribution in [3.63, 3.8) is 0 Å². The van der Waals surface area contributed by atoms with Crippen LogP contribution in [0.2, 0.25) is 5.02 Å². The largest absolute Gasteiger partial charge is 0.339 e. The van der Waals surface area contributed by atoms with Crippen LogP contribution in [0.3, 0.4) is 0 Å². The highest BCUT2D eigenvalue weighted by Crippen LogP contribution is 2.15. The maximum atomic E-state index is 11.9. The summed E-state index contributed by atoms with van der Waals surface area (Å²) in [5, 5.41) is 0.526. The van der Waals surface area contributed by atoms with Gasteiger partial charge in [-0.2, -0.15) is 0 Å². The number of nitrogens with one attached hydrogen (secondary N) is 1. The van der Waals surface area contributed by atoms with Crippen molar-refractivity contribution in [2.45, 2.75) is 11.6 Å². The van der Waals surface area contributed by atoms with Crippen molar-refractivity contribution < 1.29 is 8.42 Å². The Morgan fingerprint density at radius 3 is 2.72 bits per heavy atom. The summed E-state index contributed by atoms with van der Waals surface area (Å²) in [6.07, 6.45) is 2.87. The van der Waals surface area contributed by atoms with Gasteiger partial charge in [0.05, 0.1) is 6.33 Å². The minimum Gasteiger partial charge on any atom is -0.339 e. The van der Waals surface area contributed by atoms with Gasteiger partial charge in [0.15, 0.2) is 5.03 Å². The summed E-state index contributed by atoms with van der Waals surface area (Å²) in [4.78, 5) is 3.80. The molecule has 0 radical (unpaired) electrons. The lowest BCUT2D eigenvalue weighted by molar-refractivity contribution is 0.578. The molecule has 1 N–H and O–H groups in total. The van der Waals surface area contributed by atoms with Crippen molar-refractivity contribution in [3.8, 4) is 0 Å². The highest BCUT2D eigenvalue weighted by Gasteiger charge is 2.16. The van der Waals surface area contributed by atoms with Gasteiger partial charge >= 0.3 is 0 Å². The summed E-state index contributed by atoms with van der Waals surface area (Å²) in [6, 6.07) is 7.07. The Kier molecular flexibility index (Phi) is 3.70. The van der Waals surface area contributed by atoms with Crippen molar-refractivity contribution >= 4 is 21.6 Å². The molecule has 0 aliphatic carbocycles. The number of aryl methyl sites for hydroxylation is 1. The Hall–Kier alpha value is -1.37. The average Bonchev–Trinajstić information content (AvgIpc) is 2.76. The topological polar surface area (TPSA) is 64.0 Å². The standard InChI is InChI=1S/C11H12ClN3O2S/c1-15-7-11(13-8-15)18(16,17)14-6-9-4-2-3-5-10(9)12/h2-5,7-8,14H,6H2,1H3. The Bertz CT molecular complexity index is 652. The number of imidazole rings is 1. The van der Waals surface area contributed by atoms with E-state index in [-0.39, 0.29) is 11.6 Å². The number of nitrogens with zero attached hydrogens (tertiary/aromatic N) is 2. The second-order valence-electron chi connectivity index (χ2n) is 3.79. The quantitative estimate of drug-likeness (QED) is 0.927. The van der Waals surface area contributed by atoms with Crippen LogP contribution in [0.1, 0.15) is 5.56 Å². The summed E-state index contributed by atoms with van der Waals surface area (Å²) < 4.78 is 27.8. The first-order valence-electron chi connectivity index (χ1n) is 5.20. The fraction of sp³-hybridized carbons (Fsp3) is 0.182. The van der Waals surface area contributed by atoms with E-state index >= 15 is 0 Å². The van der Waals surface area contributed by atoms with Crippen molar-refractivity contribution in [2.24, 2.45) is 7.05 Å². The van der Waals surface area contributed by atoms with Crippen LogP contribution in [0.15, 0.2) is 41.8 Å². The lowest BCUT2D eigenvalue weighted by Gasteiger charge is -2.05. The van der Waals surface area contributed by atoms with Gasteiger partial charge in [-0.05, 0) is 11.6 Å². The second kappa shape index (κ2) is 5.09. The molecule has 0 saturated carbocycles. The summed E-state index contributed by atoms with van der Waals surface area (Å²) in [7, 11) is -1.89. The third-order valence-electron chi connectivity index (χ3n) is 2.37. The zero-order valence-corrected chi connectivity index (χ0v) is 11.2. The third kappa shape index (κ3) is 2.90. The lowest BCUT2D eigenvalue weighted by atomic mass is 10.2. The molecule has 0 atom stereocenters. The number of halogens is 1. The van der Waals surface area contributed by atoms with E-state index in [1.807, 2.05) is 0 Å². The molecule has 0 bridgehead atoms. The smallest absolute Gasteiger partial charge is 0.259 e.